The van der Waals surface area contributed by atoms with Crippen LogP contribution < -0.4 is 10.6 Å². The van der Waals surface area contributed by atoms with Gasteiger partial charge in [-0.3, -0.25) is 0 Å². The zero-order chi connectivity index (χ0) is 10.4. The number of nitrogens with one attached hydrogen (secondary N) is 2. The lowest BCUT2D eigenvalue weighted by atomic mass is 9.99. The van der Waals surface area contributed by atoms with E-state index in [9.17, 15) is 0 Å². The van der Waals surface area contributed by atoms with Crippen molar-refractivity contribution in [3.8, 4) is 0 Å². The van der Waals surface area contributed by atoms with E-state index < -0.39 is 0 Å². The summed E-state index contributed by atoms with van der Waals surface area (Å²) in [7, 11) is 0. The van der Waals surface area contributed by atoms with Crippen LogP contribution in [0, 0.1) is 0 Å². The minimum Gasteiger partial charge on any atom is -0.314 e. The molecule has 1 rings (SSSR count). The molecule has 0 radical (unpaired) electrons. The molecule has 0 aromatic rings. The van der Waals surface area contributed by atoms with Crippen molar-refractivity contribution in [2.75, 3.05) is 13.1 Å². The second-order valence-corrected chi connectivity index (χ2v) is 4.62. The molecule has 1 aliphatic rings. The first-order chi connectivity index (χ1) is 6.68. The van der Waals surface area contributed by atoms with Crippen molar-refractivity contribution in [2.45, 2.75) is 51.6 Å². The van der Waals surface area contributed by atoms with Crippen molar-refractivity contribution >= 4 is 0 Å². The molecule has 2 unspecified atom stereocenters. The Labute approximate surface area is 88.2 Å². The van der Waals surface area contributed by atoms with E-state index in [1.54, 1.807) is 0 Å². The molecule has 0 aliphatic carbocycles. The maximum Gasteiger partial charge on any atom is 0.0161 e. The molecule has 1 heterocycles. The lowest BCUT2D eigenvalue weighted by molar-refractivity contribution is 0.348. The molecule has 0 amide bonds. The predicted octanol–water partition coefficient (Wildman–Crippen LogP) is 2.07. The Morgan fingerprint density at radius 2 is 2.36 bits per heavy atom. The van der Waals surface area contributed by atoms with Gasteiger partial charge >= 0.3 is 0 Å². The average Bonchev–Trinajstić information content (AvgIpc) is 2.16. The van der Waals surface area contributed by atoms with Crippen molar-refractivity contribution in [3.63, 3.8) is 0 Å². The zero-order valence-corrected chi connectivity index (χ0v) is 9.60. The van der Waals surface area contributed by atoms with Crippen LogP contribution in [0.5, 0.6) is 0 Å². The number of piperidine rings is 1. The summed E-state index contributed by atoms with van der Waals surface area (Å²) in [5, 5.41) is 7.07. The lowest BCUT2D eigenvalue weighted by Crippen LogP contribution is -2.40. The molecule has 2 heteroatoms. The highest BCUT2D eigenvalue weighted by Crippen LogP contribution is 2.11. The van der Waals surface area contributed by atoms with E-state index in [1.807, 2.05) is 0 Å². The van der Waals surface area contributed by atoms with Gasteiger partial charge in [-0.15, -0.1) is 0 Å². The standard InChI is InChI=1S/C12H24N2/c1-10(2)9-14-11(3)8-12-6-4-5-7-13-12/h11-14H,1,4-9H2,2-3H3. The van der Waals surface area contributed by atoms with E-state index >= 15 is 0 Å². The predicted molar refractivity (Wildman–Crippen MR) is 62.5 cm³/mol. The lowest BCUT2D eigenvalue weighted by Gasteiger charge is -2.26. The van der Waals surface area contributed by atoms with Crippen LogP contribution in [0.15, 0.2) is 12.2 Å². The van der Waals surface area contributed by atoms with Gasteiger partial charge in [-0.1, -0.05) is 18.6 Å². The Morgan fingerprint density at radius 3 is 2.93 bits per heavy atom. The molecule has 82 valence electrons. The van der Waals surface area contributed by atoms with Gasteiger partial charge in [0.25, 0.3) is 0 Å². The van der Waals surface area contributed by atoms with Gasteiger partial charge in [-0.05, 0) is 39.7 Å². The van der Waals surface area contributed by atoms with Crippen molar-refractivity contribution < 1.29 is 0 Å². The summed E-state index contributed by atoms with van der Waals surface area (Å²) in [6.45, 7) is 10.4. The Morgan fingerprint density at radius 1 is 1.57 bits per heavy atom. The van der Waals surface area contributed by atoms with Gasteiger partial charge < -0.3 is 10.6 Å². The van der Waals surface area contributed by atoms with Crippen molar-refractivity contribution in [1.82, 2.24) is 10.6 Å². The second-order valence-electron chi connectivity index (χ2n) is 4.62. The smallest absolute Gasteiger partial charge is 0.0161 e. The first-order valence-corrected chi connectivity index (χ1v) is 5.79. The van der Waals surface area contributed by atoms with Gasteiger partial charge in [0.2, 0.25) is 0 Å². The summed E-state index contributed by atoms with van der Waals surface area (Å²) < 4.78 is 0. The Bertz CT molecular complexity index is 171. The zero-order valence-electron chi connectivity index (χ0n) is 9.60. The average molecular weight is 196 g/mol. The third-order valence-electron chi connectivity index (χ3n) is 2.80. The molecule has 0 spiro atoms. The monoisotopic (exact) mass is 196 g/mol. The van der Waals surface area contributed by atoms with Gasteiger partial charge in [-0.25, -0.2) is 0 Å². The maximum absolute atomic E-state index is 3.90. The van der Waals surface area contributed by atoms with Crippen LogP contribution in [-0.2, 0) is 0 Å². The molecule has 0 aromatic heterocycles. The third-order valence-corrected chi connectivity index (χ3v) is 2.80. The quantitative estimate of drug-likeness (QED) is 0.658. The molecular formula is C12H24N2. The molecular weight excluding hydrogens is 172 g/mol. The Balaban J connectivity index is 2.11. The largest absolute Gasteiger partial charge is 0.314 e. The second kappa shape index (κ2) is 6.20. The molecule has 14 heavy (non-hydrogen) atoms. The summed E-state index contributed by atoms with van der Waals surface area (Å²) in [5.74, 6) is 0. The van der Waals surface area contributed by atoms with E-state index in [2.05, 4.69) is 31.1 Å². The van der Waals surface area contributed by atoms with Gasteiger partial charge in [-0.2, -0.15) is 0 Å². The van der Waals surface area contributed by atoms with Crippen LogP contribution >= 0.6 is 0 Å². The van der Waals surface area contributed by atoms with Crippen molar-refractivity contribution in [3.05, 3.63) is 12.2 Å². The van der Waals surface area contributed by atoms with Crippen molar-refractivity contribution in [2.24, 2.45) is 0 Å². The molecule has 1 saturated heterocycles. The molecule has 0 saturated carbocycles. The summed E-state index contributed by atoms with van der Waals surface area (Å²) >= 11 is 0. The molecule has 2 N–H and O–H groups in total. The summed E-state index contributed by atoms with van der Waals surface area (Å²) in [4.78, 5) is 0. The first-order valence-electron chi connectivity index (χ1n) is 5.79. The van der Waals surface area contributed by atoms with Crippen LogP contribution in [0.3, 0.4) is 0 Å². The molecule has 1 aliphatic heterocycles. The molecule has 2 atom stereocenters. The van der Waals surface area contributed by atoms with Crippen LogP contribution in [0.2, 0.25) is 0 Å². The van der Waals surface area contributed by atoms with Gasteiger partial charge in [0, 0.05) is 18.6 Å². The SMILES string of the molecule is C=C(C)CNC(C)CC1CCCCN1. The van der Waals surface area contributed by atoms with Gasteiger partial charge in [0.15, 0.2) is 0 Å². The van der Waals surface area contributed by atoms with E-state index in [0.29, 0.717) is 6.04 Å². The van der Waals surface area contributed by atoms with Crippen LogP contribution in [-0.4, -0.2) is 25.2 Å². The summed E-state index contributed by atoms with van der Waals surface area (Å²) in [6, 6.07) is 1.33. The van der Waals surface area contributed by atoms with Crippen LogP contribution in [0.25, 0.3) is 0 Å². The minimum absolute atomic E-state index is 0.599. The molecule has 2 nitrogen and oxygen atoms in total. The van der Waals surface area contributed by atoms with Crippen molar-refractivity contribution in [1.29, 1.82) is 0 Å². The molecule has 1 fully saturated rings. The van der Waals surface area contributed by atoms with Gasteiger partial charge in [0.1, 0.15) is 0 Å². The minimum atomic E-state index is 0.599. The summed E-state index contributed by atoms with van der Waals surface area (Å²) in [5.41, 5.74) is 1.22. The van der Waals surface area contributed by atoms with E-state index in [1.165, 1.54) is 37.8 Å². The normalized spacial score (nSPS) is 24.6. The van der Waals surface area contributed by atoms with E-state index in [-0.39, 0.29) is 0 Å². The number of hydrogen-bond donors (Lipinski definition) is 2. The maximum atomic E-state index is 3.90. The van der Waals surface area contributed by atoms with Crippen LogP contribution in [0.1, 0.15) is 39.5 Å². The highest BCUT2D eigenvalue weighted by Gasteiger charge is 2.14. The Kier molecular flexibility index (Phi) is 5.20. The van der Waals surface area contributed by atoms with Crippen LogP contribution in [0.4, 0.5) is 0 Å². The number of hydrogen-bond acceptors (Lipinski definition) is 2. The fraction of sp³-hybridized carbons (Fsp3) is 0.833. The summed E-state index contributed by atoms with van der Waals surface area (Å²) in [6.07, 6.45) is 5.33. The molecule has 0 aromatic carbocycles. The fourth-order valence-electron chi connectivity index (χ4n) is 1.98. The molecule has 0 bridgehead atoms. The highest BCUT2D eigenvalue weighted by atomic mass is 15.0. The van der Waals surface area contributed by atoms with Gasteiger partial charge in [0.05, 0.1) is 0 Å². The highest BCUT2D eigenvalue weighted by molar-refractivity contribution is 4.91. The van der Waals surface area contributed by atoms with E-state index in [0.717, 1.165) is 12.6 Å². The third kappa shape index (κ3) is 4.77. The van der Waals surface area contributed by atoms with E-state index in [4.69, 9.17) is 0 Å². The topological polar surface area (TPSA) is 24.1 Å². The first kappa shape index (κ1) is 11.7. The fourth-order valence-corrected chi connectivity index (χ4v) is 1.98. The number of rotatable bonds is 5. The Hall–Kier alpha value is -0.340.